The molecule has 0 aromatic carbocycles. The lowest BCUT2D eigenvalue weighted by molar-refractivity contribution is 0.0167. The van der Waals surface area contributed by atoms with Crippen LogP contribution in [0, 0.1) is 0 Å². The zero-order valence-electron chi connectivity index (χ0n) is 10.4. The van der Waals surface area contributed by atoms with E-state index in [-0.39, 0.29) is 0 Å². The third-order valence-corrected chi connectivity index (χ3v) is 4.63. The fourth-order valence-electron chi connectivity index (χ4n) is 2.67. The van der Waals surface area contributed by atoms with Crippen LogP contribution in [0.25, 0.3) is 10.1 Å². The van der Waals surface area contributed by atoms with Gasteiger partial charge in [0.1, 0.15) is 5.82 Å². The van der Waals surface area contributed by atoms with Gasteiger partial charge in [-0.1, -0.05) is 19.3 Å². The highest BCUT2D eigenvalue weighted by atomic mass is 32.1. The molecule has 1 fully saturated rings. The molecule has 3 nitrogen and oxygen atoms in total. The van der Waals surface area contributed by atoms with Crippen molar-refractivity contribution < 1.29 is 5.11 Å². The van der Waals surface area contributed by atoms with Crippen molar-refractivity contribution in [1.82, 2.24) is 4.98 Å². The average Bonchev–Trinajstić information content (AvgIpc) is 2.86. The molecule has 4 heteroatoms. The van der Waals surface area contributed by atoms with Crippen LogP contribution in [0.1, 0.15) is 32.1 Å². The Balaban J connectivity index is 1.74. The molecule has 0 bridgehead atoms. The van der Waals surface area contributed by atoms with Crippen LogP contribution < -0.4 is 5.32 Å². The van der Waals surface area contributed by atoms with Gasteiger partial charge < -0.3 is 10.4 Å². The molecule has 1 saturated carbocycles. The maximum atomic E-state index is 10.5. The van der Waals surface area contributed by atoms with E-state index in [2.05, 4.69) is 21.7 Å². The van der Waals surface area contributed by atoms with Crippen molar-refractivity contribution in [3.63, 3.8) is 0 Å². The van der Waals surface area contributed by atoms with E-state index in [4.69, 9.17) is 0 Å². The van der Waals surface area contributed by atoms with E-state index in [1.807, 2.05) is 12.3 Å². The second-order valence-electron chi connectivity index (χ2n) is 5.13. The van der Waals surface area contributed by atoms with E-state index in [0.29, 0.717) is 6.54 Å². The third-order valence-electron chi connectivity index (χ3n) is 3.75. The second-order valence-corrected chi connectivity index (χ2v) is 6.08. The molecule has 1 aliphatic rings. The quantitative estimate of drug-likeness (QED) is 0.891. The highest BCUT2D eigenvalue weighted by molar-refractivity contribution is 7.17. The van der Waals surface area contributed by atoms with Crippen molar-refractivity contribution in [3.8, 4) is 0 Å². The van der Waals surface area contributed by atoms with Crippen molar-refractivity contribution in [2.45, 2.75) is 37.7 Å². The molecule has 0 saturated heterocycles. The second kappa shape index (κ2) is 4.86. The zero-order valence-corrected chi connectivity index (χ0v) is 11.2. The Kier molecular flexibility index (Phi) is 3.22. The lowest BCUT2D eigenvalue weighted by Crippen LogP contribution is -2.38. The summed E-state index contributed by atoms with van der Waals surface area (Å²) in [5.41, 5.74) is -0.544. The molecule has 1 aliphatic carbocycles. The number of nitrogens with one attached hydrogen (secondary N) is 1. The first-order chi connectivity index (χ1) is 8.77. The Morgan fingerprint density at radius 3 is 2.94 bits per heavy atom. The van der Waals surface area contributed by atoms with E-state index in [1.54, 1.807) is 11.3 Å². The summed E-state index contributed by atoms with van der Waals surface area (Å²) in [7, 11) is 0. The zero-order chi connectivity index (χ0) is 12.4. The number of hydrogen-bond acceptors (Lipinski definition) is 4. The van der Waals surface area contributed by atoms with Gasteiger partial charge in [-0.25, -0.2) is 4.98 Å². The first kappa shape index (κ1) is 11.9. The molecule has 2 aromatic heterocycles. The minimum atomic E-state index is -0.544. The summed E-state index contributed by atoms with van der Waals surface area (Å²) in [6.07, 6.45) is 7.15. The highest BCUT2D eigenvalue weighted by Gasteiger charge is 2.28. The fourth-order valence-corrected chi connectivity index (χ4v) is 3.45. The molecule has 0 atom stereocenters. The minimum Gasteiger partial charge on any atom is -0.388 e. The summed E-state index contributed by atoms with van der Waals surface area (Å²) in [4.78, 5) is 4.38. The molecule has 0 aliphatic heterocycles. The summed E-state index contributed by atoms with van der Waals surface area (Å²) in [6.45, 7) is 0.606. The third kappa shape index (κ3) is 2.35. The first-order valence-electron chi connectivity index (χ1n) is 6.55. The summed E-state index contributed by atoms with van der Waals surface area (Å²) < 4.78 is 1.24. The number of fused-ring (bicyclic) bond motifs is 1. The SMILES string of the molecule is OC1(CNc2nccc3sccc23)CCCCC1. The maximum absolute atomic E-state index is 10.5. The van der Waals surface area contributed by atoms with Crippen molar-refractivity contribution in [3.05, 3.63) is 23.7 Å². The number of thiophene rings is 1. The first-order valence-corrected chi connectivity index (χ1v) is 7.43. The summed E-state index contributed by atoms with van der Waals surface area (Å²) in [6, 6.07) is 4.11. The monoisotopic (exact) mass is 262 g/mol. The van der Waals surface area contributed by atoms with Gasteiger partial charge in [0, 0.05) is 22.8 Å². The molecule has 0 unspecified atom stereocenters. The van der Waals surface area contributed by atoms with Gasteiger partial charge in [-0.2, -0.15) is 0 Å². The van der Waals surface area contributed by atoms with E-state index in [0.717, 1.165) is 36.9 Å². The van der Waals surface area contributed by atoms with E-state index in [1.165, 1.54) is 11.1 Å². The number of aliphatic hydroxyl groups is 1. The van der Waals surface area contributed by atoms with Crippen molar-refractivity contribution in [2.24, 2.45) is 0 Å². The number of rotatable bonds is 3. The van der Waals surface area contributed by atoms with Gasteiger partial charge in [0.05, 0.1) is 5.60 Å². The molecule has 0 amide bonds. The largest absolute Gasteiger partial charge is 0.388 e. The number of anilines is 1. The van der Waals surface area contributed by atoms with E-state index < -0.39 is 5.60 Å². The Hall–Kier alpha value is -1.13. The number of hydrogen-bond donors (Lipinski definition) is 2. The van der Waals surface area contributed by atoms with Gasteiger partial charge >= 0.3 is 0 Å². The normalized spacial score (nSPS) is 18.9. The fraction of sp³-hybridized carbons (Fsp3) is 0.500. The number of aromatic nitrogens is 1. The van der Waals surface area contributed by atoms with Crippen molar-refractivity contribution >= 4 is 27.2 Å². The Bertz CT molecular complexity index is 531. The van der Waals surface area contributed by atoms with Crippen LogP contribution in [0.4, 0.5) is 5.82 Å². The van der Waals surface area contributed by atoms with Crippen molar-refractivity contribution in [2.75, 3.05) is 11.9 Å². The van der Waals surface area contributed by atoms with Crippen LogP contribution >= 0.6 is 11.3 Å². The minimum absolute atomic E-state index is 0.544. The summed E-state index contributed by atoms with van der Waals surface area (Å²) in [5, 5.41) is 17.0. The topological polar surface area (TPSA) is 45.1 Å². The molecule has 96 valence electrons. The van der Waals surface area contributed by atoms with Gasteiger partial charge in [0.15, 0.2) is 0 Å². The van der Waals surface area contributed by atoms with Gasteiger partial charge in [-0.15, -0.1) is 11.3 Å². The number of pyridine rings is 1. The Morgan fingerprint density at radius 2 is 2.11 bits per heavy atom. The molecule has 2 aromatic rings. The molecule has 0 spiro atoms. The predicted octanol–water partition coefficient (Wildman–Crippen LogP) is 3.40. The van der Waals surface area contributed by atoms with Crippen LogP contribution in [-0.2, 0) is 0 Å². The molecule has 2 N–H and O–H groups in total. The lowest BCUT2D eigenvalue weighted by atomic mass is 9.85. The molecule has 0 radical (unpaired) electrons. The molecular weight excluding hydrogens is 244 g/mol. The molecule has 2 heterocycles. The maximum Gasteiger partial charge on any atom is 0.134 e. The highest BCUT2D eigenvalue weighted by Crippen LogP contribution is 2.30. The summed E-state index contributed by atoms with van der Waals surface area (Å²) >= 11 is 1.72. The van der Waals surface area contributed by atoms with E-state index in [9.17, 15) is 5.11 Å². The van der Waals surface area contributed by atoms with Gasteiger partial charge in [-0.3, -0.25) is 0 Å². The van der Waals surface area contributed by atoms with Crippen LogP contribution in [-0.4, -0.2) is 22.2 Å². The summed E-state index contributed by atoms with van der Waals surface area (Å²) in [5.74, 6) is 0.896. The predicted molar refractivity (Wildman–Crippen MR) is 76.1 cm³/mol. The standard InChI is InChI=1S/C14H18N2OS/c17-14(6-2-1-3-7-14)10-16-13-11-5-9-18-12(11)4-8-15-13/h4-5,8-9,17H,1-3,6-7,10H2,(H,15,16). The van der Waals surface area contributed by atoms with E-state index >= 15 is 0 Å². The van der Waals surface area contributed by atoms with Gasteiger partial charge in [0.25, 0.3) is 0 Å². The van der Waals surface area contributed by atoms with Gasteiger partial charge in [-0.05, 0) is 30.4 Å². The average molecular weight is 262 g/mol. The van der Waals surface area contributed by atoms with Crippen LogP contribution in [0.5, 0.6) is 0 Å². The smallest absolute Gasteiger partial charge is 0.134 e. The Labute approximate surface area is 111 Å². The molecule has 3 rings (SSSR count). The Morgan fingerprint density at radius 1 is 1.28 bits per heavy atom. The van der Waals surface area contributed by atoms with Gasteiger partial charge in [0.2, 0.25) is 0 Å². The van der Waals surface area contributed by atoms with Crippen LogP contribution in [0.2, 0.25) is 0 Å². The van der Waals surface area contributed by atoms with Crippen LogP contribution in [0.3, 0.4) is 0 Å². The van der Waals surface area contributed by atoms with Crippen molar-refractivity contribution in [1.29, 1.82) is 0 Å². The lowest BCUT2D eigenvalue weighted by Gasteiger charge is -2.32. The molecule has 18 heavy (non-hydrogen) atoms. The molecular formula is C14H18N2OS. The number of nitrogens with zero attached hydrogens (tertiary/aromatic N) is 1. The van der Waals surface area contributed by atoms with Crippen LogP contribution in [0.15, 0.2) is 23.7 Å².